The molecule has 20 heavy (non-hydrogen) atoms. The van der Waals surface area contributed by atoms with Gasteiger partial charge in [-0.2, -0.15) is 8.42 Å². The van der Waals surface area contributed by atoms with Crippen molar-refractivity contribution in [1.29, 1.82) is 0 Å². The van der Waals surface area contributed by atoms with Gasteiger partial charge in [0.25, 0.3) is 0 Å². The maximum Gasteiger partial charge on any atom is 0.301 e. The van der Waals surface area contributed by atoms with Gasteiger partial charge < -0.3 is 9.47 Å². The van der Waals surface area contributed by atoms with Crippen LogP contribution in [0, 0.1) is 0 Å². The summed E-state index contributed by atoms with van der Waals surface area (Å²) in [5, 5.41) is 0. The number of benzene rings is 2. The highest BCUT2D eigenvalue weighted by Gasteiger charge is 2.25. The van der Waals surface area contributed by atoms with Crippen LogP contribution in [0.25, 0.3) is 11.1 Å². The summed E-state index contributed by atoms with van der Waals surface area (Å²) in [7, 11) is -1.80. The summed E-state index contributed by atoms with van der Waals surface area (Å²) >= 11 is 0. The van der Waals surface area contributed by atoms with Crippen LogP contribution in [-0.4, -0.2) is 27.2 Å². The highest BCUT2D eigenvalue weighted by molar-refractivity contribution is 7.86. The molecule has 0 bridgehead atoms. The van der Waals surface area contributed by atoms with Crippen LogP contribution in [0.5, 0.6) is 11.5 Å². The molecule has 0 unspecified atom stereocenters. The van der Waals surface area contributed by atoms with Crippen LogP contribution in [0.4, 0.5) is 0 Å². The van der Waals surface area contributed by atoms with Gasteiger partial charge in [0.2, 0.25) is 0 Å². The molecule has 6 heteroatoms. The monoisotopic (exact) mass is 294 g/mol. The Morgan fingerprint density at radius 2 is 1.60 bits per heavy atom. The third-order valence-electron chi connectivity index (χ3n) is 2.84. The molecule has 2 rings (SSSR count). The average molecular weight is 294 g/mol. The first kappa shape index (κ1) is 14.4. The van der Waals surface area contributed by atoms with Gasteiger partial charge in [-0.05, 0) is 17.7 Å². The van der Waals surface area contributed by atoms with Gasteiger partial charge in [0.05, 0.1) is 14.2 Å². The summed E-state index contributed by atoms with van der Waals surface area (Å²) in [6, 6.07) is 12.3. The molecule has 5 nitrogen and oxygen atoms in total. The minimum atomic E-state index is -4.47. The maximum absolute atomic E-state index is 11.6. The fraction of sp³-hybridized carbons (Fsp3) is 0.143. The normalized spacial score (nSPS) is 11.2. The van der Waals surface area contributed by atoms with Crippen molar-refractivity contribution < 1.29 is 22.4 Å². The van der Waals surface area contributed by atoms with E-state index < -0.39 is 10.1 Å². The molecule has 0 radical (unpaired) electrons. The van der Waals surface area contributed by atoms with Crippen LogP contribution in [-0.2, 0) is 10.1 Å². The molecule has 0 heterocycles. The van der Waals surface area contributed by atoms with Gasteiger partial charge in [-0.15, -0.1) is 0 Å². The molecule has 0 aliphatic heterocycles. The molecular formula is C14H14O5S. The molecule has 0 fully saturated rings. The Hall–Kier alpha value is -2.05. The van der Waals surface area contributed by atoms with Crippen molar-refractivity contribution >= 4 is 10.1 Å². The number of methoxy groups -OCH3 is 2. The van der Waals surface area contributed by atoms with Gasteiger partial charge in [0.1, 0.15) is 5.75 Å². The SMILES string of the molecule is COc1ccc(-c2ccccc2)c(OC)c1S(=O)(=O)O. The Balaban J connectivity index is 2.80. The summed E-state index contributed by atoms with van der Waals surface area (Å²) in [4.78, 5) is -0.371. The van der Waals surface area contributed by atoms with Gasteiger partial charge in [0, 0.05) is 5.56 Å². The van der Waals surface area contributed by atoms with Crippen LogP contribution in [0.3, 0.4) is 0 Å². The van der Waals surface area contributed by atoms with Crippen LogP contribution < -0.4 is 9.47 Å². The fourth-order valence-corrected chi connectivity index (χ4v) is 2.83. The maximum atomic E-state index is 11.6. The van der Waals surface area contributed by atoms with Crippen molar-refractivity contribution in [1.82, 2.24) is 0 Å². The van der Waals surface area contributed by atoms with Crippen molar-refractivity contribution in [2.45, 2.75) is 4.90 Å². The number of hydrogen-bond acceptors (Lipinski definition) is 4. The molecule has 1 N–H and O–H groups in total. The topological polar surface area (TPSA) is 72.8 Å². The van der Waals surface area contributed by atoms with E-state index in [1.165, 1.54) is 20.3 Å². The van der Waals surface area contributed by atoms with Gasteiger partial charge >= 0.3 is 10.1 Å². The lowest BCUT2D eigenvalue weighted by Gasteiger charge is -2.15. The number of rotatable bonds is 4. The zero-order valence-corrected chi connectivity index (χ0v) is 11.8. The molecule has 0 amide bonds. The zero-order valence-electron chi connectivity index (χ0n) is 11.0. The molecule has 0 aliphatic carbocycles. The van der Waals surface area contributed by atoms with Crippen molar-refractivity contribution in [3.05, 3.63) is 42.5 Å². The van der Waals surface area contributed by atoms with E-state index in [1.54, 1.807) is 6.07 Å². The van der Waals surface area contributed by atoms with E-state index in [9.17, 15) is 13.0 Å². The Bertz CT molecular complexity index is 708. The third-order valence-corrected chi connectivity index (χ3v) is 3.75. The first-order valence-electron chi connectivity index (χ1n) is 5.77. The predicted molar refractivity (Wildman–Crippen MR) is 74.8 cm³/mol. The van der Waals surface area contributed by atoms with E-state index in [4.69, 9.17) is 9.47 Å². The summed E-state index contributed by atoms with van der Waals surface area (Å²) in [6.07, 6.45) is 0. The Labute approximate surface area is 117 Å². The van der Waals surface area contributed by atoms with E-state index >= 15 is 0 Å². The van der Waals surface area contributed by atoms with Gasteiger partial charge in [-0.25, -0.2) is 0 Å². The van der Waals surface area contributed by atoms with Gasteiger partial charge in [0.15, 0.2) is 10.6 Å². The first-order chi connectivity index (χ1) is 9.49. The smallest absolute Gasteiger partial charge is 0.301 e. The lowest BCUT2D eigenvalue weighted by molar-refractivity contribution is 0.368. The minimum Gasteiger partial charge on any atom is -0.495 e. The van der Waals surface area contributed by atoms with Crippen LogP contribution >= 0.6 is 0 Å². The molecule has 0 atom stereocenters. The van der Waals surface area contributed by atoms with E-state index in [2.05, 4.69) is 0 Å². The quantitative estimate of drug-likeness (QED) is 0.877. The average Bonchev–Trinajstić information content (AvgIpc) is 2.45. The first-order valence-corrected chi connectivity index (χ1v) is 7.21. The summed E-state index contributed by atoms with van der Waals surface area (Å²) in [5.74, 6) is 0.0853. The second-order valence-electron chi connectivity index (χ2n) is 4.02. The largest absolute Gasteiger partial charge is 0.495 e. The third kappa shape index (κ3) is 2.61. The van der Waals surface area contributed by atoms with Crippen LogP contribution in [0.1, 0.15) is 0 Å². The molecule has 0 aliphatic rings. The van der Waals surface area contributed by atoms with E-state index in [0.29, 0.717) is 5.56 Å². The summed E-state index contributed by atoms with van der Waals surface area (Å²) in [5.41, 5.74) is 1.33. The van der Waals surface area contributed by atoms with E-state index in [0.717, 1.165) is 5.56 Å². The lowest BCUT2D eigenvalue weighted by Crippen LogP contribution is -2.05. The van der Waals surface area contributed by atoms with Crippen LogP contribution in [0.15, 0.2) is 47.4 Å². The summed E-state index contributed by atoms with van der Waals surface area (Å²) in [6.45, 7) is 0. The van der Waals surface area contributed by atoms with Crippen LogP contribution in [0.2, 0.25) is 0 Å². The van der Waals surface area contributed by atoms with Gasteiger partial charge in [-0.1, -0.05) is 30.3 Å². The van der Waals surface area contributed by atoms with Crippen molar-refractivity contribution in [3.63, 3.8) is 0 Å². The molecule has 0 aromatic heterocycles. The second kappa shape index (κ2) is 5.52. The number of ether oxygens (including phenoxy) is 2. The fourth-order valence-electron chi connectivity index (χ4n) is 2.00. The molecule has 2 aromatic rings. The van der Waals surface area contributed by atoms with Crippen molar-refractivity contribution in [2.24, 2.45) is 0 Å². The van der Waals surface area contributed by atoms with E-state index in [1.807, 2.05) is 30.3 Å². The minimum absolute atomic E-state index is 0.0315. The summed E-state index contributed by atoms with van der Waals surface area (Å²) < 4.78 is 42.7. The Kier molecular flexibility index (Phi) is 3.96. The highest BCUT2D eigenvalue weighted by Crippen LogP contribution is 2.40. The molecular weight excluding hydrogens is 280 g/mol. The molecule has 0 spiro atoms. The zero-order chi connectivity index (χ0) is 14.8. The van der Waals surface area contributed by atoms with E-state index in [-0.39, 0.29) is 16.4 Å². The second-order valence-corrected chi connectivity index (χ2v) is 5.38. The lowest BCUT2D eigenvalue weighted by atomic mass is 10.0. The number of hydrogen-bond donors (Lipinski definition) is 1. The molecule has 0 saturated carbocycles. The Morgan fingerprint density at radius 3 is 2.10 bits per heavy atom. The van der Waals surface area contributed by atoms with Crippen molar-refractivity contribution in [3.8, 4) is 22.6 Å². The molecule has 0 saturated heterocycles. The standard InChI is InChI=1S/C14H14O5S/c1-18-12-9-8-11(10-6-4-3-5-7-10)13(19-2)14(12)20(15,16)17/h3-9H,1-2H3,(H,15,16,17). The molecule has 2 aromatic carbocycles. The van der Waals surface area contributed by atoms with Gasteiger partial charge in [-0.3, -0.25) is 4.55 Å². The Morgan fingerprint density at radius 1 is 0.950 bits per heavy atom. The molecule has 106 valence electrons. The predicted octanol–water partition coefficient (Wildman–Crippen LogP) is 2.62. The van der Waals surface area contributed by atoms with Crippen molar-refractivity contribution in [2.75, 3.05) is 14.2 Å². The highest BCUT2D eigenvalue weighted by atomic mass is 32.2.